The number of hydrogen-bond donors (Lipinski definition) is 2. The van der Waals surface area contributed by atoms with Gasteiger partial charge in [0.15, 0.2) is 15.8 Å². The number of nitrogens with zero attached hydrogens (tertiary/aromatic N) is 2. The van der Waals surface area contributed by atoms with Crippen molar-refractivity contribution in [1.82, 2.24) is 15.5 Å². The van der Waals surface area contributed by atoms with Crippen LogP contribution in [-0.4, -0.2) is 46.2 Å². The number of hydrogen-bond acceptors (Lipinski definition) is 4. The summed E-state index contributed by atoms with van der Waals surface area (Å²) in [6, 6.07) is 12.4. The van der Waals surface area contributed by atoms with E-state index in [1.807, 2.05) is 33.2 Å². The number of aliphatic imine (C=N–C) groups is 1. The first-order valence-electron chi connectivity index (χ1n) is 9.86. The van der Waals surface area contributed by atoms with Gasteiger partial charge >= 0.3 is 0 Å². The van der Waals surface area contributed by atoms with Crippen molar-refractivity contribution in [3.05, 3.63) is 70.5 Å². The van der Waals surface area contributed by atoms with E-state index in [1.165, 1.54) is 30.0 Å². The Bertz CT molecular complexity index is 981. The van der Waals surface area contributed by atoms with Gasteiger partial charge in [-0.25, -0.2) is 17.8 Å². The fourth-order valence-corrected chi connectivity index (χ4v) is 3.91. The van der Waals surface area contributed by atoms with Gasteiger partial charge in [0.05, 0.1) is 12.3 Å². The van der Waals surface area contributed by atoms with Crippen LogP contribution in [0.15, 0.2) is 47.5 Å². The Hall–Kier alpha value is -1.72. The van der Waals surface area contributed by atoms with E-state index in [0.29, 0.717) is 30.2 Å². The highest BCUT2D eigenvalue weighted by molar-refractivity contribution is 14.0. The lowest BCUT2D eigenvalue weighted by atomic mass is 10.1. The van der Waals surface area contributed by atoms with Crippen LogP contribution in [0.5, 0.6) is 0 Å². The summed E-state index contributed by atoms with van der Waals surface area (Å²) in [5.41, 5.74) is 3.49. The Kier molecular flexibility index (Phi) is 11.4. The summed E-state index contributed by atoms with van der Waals surface area (Å²) in [4.78, 5) is 6.73. The smallest absolute Gasteiger partial charge is 0.191 e. The summed E-state index contributed by atoms with van der Waals surface area (Å²) in [6.07, 6.45) is 1.17. The molecule has 2 aromatic rings. The molecule has 31 heavy (non-hydrogen) atoms. The molecule has 0 spiro atoms. The maximum Gasteiger partial charge on any atom is 0.191 e. The fraction of sp³-hybridized carbons (Fsp3) is 0.409. The molecule has 0 amide bonds. The van der Waals surface area contributed by atoms with E-state index in [4.69, 9.17) is 0 Å². The van der Waals surface area contributed by atoms with Crippen LogP contribution in [0.4, 0.5) is 4.39 Å². The van der Waals surface area contributed by atoms with Gasteiger partial charge in [-0.1, -0.05) is 30.3 Å². The van der Waals surface area contributed by atoms with E-state index in [9.17, 15) is 12.8 Å². The number of nitrogens with one attached hydrogen (secondary N) is 2. The normalized spacial score (nSPS) is 11.9. The van der Waals surface area contributed by atoms with Crippen molar-refractivity contribution in [3.8, 4) is 0 Å². The molecule has 0 aromatic heterocycles. The molecule has 0 aliphatic rings. The van der Waals surface area contributed by atoms with Crippen molar-refractivity contribution < 1.29 is 12.8 Å². The quantitative estimate of drug-likeness (QED) is 0.279. The minimum Gasteiger partial charge on any atom is -0.357 e. The average Bonchev–Trinajstić information content (AvgIpc) is 2.64. The zero-order valence-corrected chi connectivity index (χ0v) is 21.6. The molecule has 2 N–H and O–H groups in total. The van der Waals surface area contributed by atoms with E-state index in [1.54, 1.807) is 0 Å². The number of sulfone groups is 1. The van der Waals surface area contributed by atoms with Crippen molar-refractivity contribution >= 4 is 39.8 Å². The second-order valence-electron chi connectivity index (χ2n) is 7.59. The Labute approximate surface area is 202 Å². The second kappa shape index (κ2) is 13.0. The SMILES string of the molecule is CCNC(=NCc1cccc(CN(C)C)c1)NCc1cc(F)ccc1CS(C)(=O)=O.I. The van der Waals surface area contributed by atoms with Gasteiger partial charge in [-0.15, -0.1) is 24.0 Å². The summed E-state index contributed by atoms with van der Waals surface area (Å²) in [5, 5.41) is 6.35. The highest BCUT2D eigenvalue weighted by Crippen LogP contribution is 2.14. The molecule has 2 rings (SSSR count). The van der Waals surface area contributed by atoms with Crippen molar-refractivity contribution in [1.29, 1.82) is 0 Å². The van der Waals surface area contributed by atoms with Crippen LogP contribution in [0.1, 0.15) is 29.2 Å². The molecule has 0 bridgehead atoms. The Balaban J connectivity index is 0.00000480. The number of rotatable bonds is 9. The van der Waals surface area contributed by atoms with E-state index >= 15 is 0 Å². The van der Waals surface area contributed by atoms with Gasteiger partial charge in [-0.2, -0.15) is 0 Å². The molecule has 0 heterocycles. The topological polar surface area (TPSA) is 73.8 Å². The molecule has 0 aliphatic carbocycles. The van der Waals surface area contributed by atoms with Crippen molar-refractivity contribution in [3.63, 3.8) is 0 Å². The molecule has 0 atom stereocenters. The second-order valence-corrected chi connectivity index (χ2v) is 9.73. The molecule has 0 fully saturated rings. The van der Waals surface area contributed by atoms with Gasteiger partial charge in [0.1, 0.15) is 5.82 Å². The van der Waals surface area contributed by atoms with Crippen LogP contribution in [-0.2, 0) is 35.2 Å². The number of halogens is 2. The molecule has 172 valence electrons. The summed E-state index contributed by atoms with van der Waals surface area (Å²) in [5.74, 6) is 0.0604. The van der Waals surface area contributed by atoms with Gasteiger partial charge in [0, 0.05) is 25.9 Å². The van der Waals surface area contributed by atoms with Gasteiger partial charge in [0.25, 0.3) is 0 Å². The molecular formula is C22H32FIN4O2S. The lowest BCUT2D eigenvalue weighted by Crippen LogP contribution is -2.37. The first-order chi connectivity index (χ1) is 14.2. The lowest BCUT2D eigenvalue weighted by molar-refractivity contribution is 0.402. The van der Waals surface area contributed by atoms with Crippen LogP contribution in [0.2, 0.25) is 0 Å². The van der Waals surface area contributed by atoms with Gasteiger partial charge in [-0.3, -0.25) is 0 Å². The molecule has 2 aromatic carbocycles. The van der Waals surface area contributed by atoms with Crippen molar-refractivity contribution in [2.24, 2.45) is 4.99 Å². The average molecular weight is 562 g/mol. The molecule has 0 saturated heterocycles. The molecule has 0 unspecified atom stereocenters. The largest absolute Gasteiger partial charge is 0.357 e. The predicted molar refractivity (Wildman–Crippen MR) is 136 cm³/mol. The summed E-state index contributed by atoms with van der Waals surface area (Å²) >= 11 is 0. The predicted octanol–water partition coefficient (Wildman–Crippen LogP) is 3.31. The summed E-state index contributed by atoms with van der Waals surface area (Å²) in [7, 11) is 0.841. The van der Waals surface area contributed by atoms with Gasteiger partial charge in [-0.05, 0) is 55.4 Å². The summed E-state index contributed by atoms with van der Waals surface area (Å²) in [6.45, 7) is 4.27. The summed E-state index contributed by atoms with van der Waals surface area (Å²) < 4.78 is 37.1. The lowest BCUT2D eigenvalue weighted by Gasteiger charge is -2.14. The zero-order valence-electron chi connectivity index (χ0n) is 18.5. The first kappa shape index (κ1) is 27.3. The van der Waals surface area contributed by atoms with Crippen LogP contribution < -0.4 is 10.6 Å². The van der Waals surface area contributed by atoms with Crippen LogP contribution in [0.3, 0.4) is 0 Å². The zero-order chi connectivity index (χ0) is 22.1. The third-order valence-corrected chi connectivity index (χ3v) is 5.12. The maximum absolute atomic E-state index is 13.7. The van der Waals surface area contributed by atoms with E-state index in [2.05, 4.69) is 32.7 Å². The highest BCUT2D eigenvalue weighted by atomic mass is 127. The first-order valence-corrected chi connectivity index (χ1v) is 11.9. The monoisotopic (exact) mass is 562 g/mol. The van der Waals surface area contributed by atoms with Crippen molar-refractivity contribution in [2.75, 3.05) is 26.9 Å². The molecule has 6 nitrogen and oxygen atoms in total. The van der Waals surface area contributed by atoms with Crippen molar-refractivity contribution in [2.45, 2.75) is 32.3 Å². The minimum atomic E-state index is -3.22. The minimum absolute atomic E-state index is 0. The maximum atomic E-state index is 13.7. The van der Waals surface area contributed by atoms with E-state index < -0.39 is 15.7 Å². The molecule has 9 heteroatoms. The highest BCUT2D eigenvalue weighted by Gasteiger charge is 2.11. The third-order valence-electron chi connectivity index (χ3n) is 4.29. The van der Waals surface area contributed by atoms with E-state index in [0.717, 1.165) is 12.1 Å². The molecule has 0 radical (unpaired) electrons. The Morgan fingerprint density at radius 1 is 1.06 bits per heavy atom. The fourth-order valence-electron chi connectivity index (χ4n) is 3.06. The molecule has 0 aliphatic heterocycles. The standard InChI is InChI=1S/C22H31FN4O2S.HI/c1-5-24-22(25-13-17-7-6-8-18(11-17)15-27(2)3)26-14-20-12-21(23)10-9-19(20)16-30(4,28)29;/h6-12H,5,13-16H2,1-4H3,(H2,24,25,26);1H. The van der Waals surface area contributed by atoms with Crippen LogP contribution in [0, 0.1) is 5.82 Å². The third kappa shape index (κ3) is 10.4. The van der Waals surface area contributed by atoms with Gasteiger partial charge < -0.3 is 15.5 Å². The number of benzene rings is 2. The van der Waals surface area contributed by atoms with E-state index in [-0.39, 0.29) is 36.3 Å². The Morgan fingerprint density at radius 2 is 1.77 bits per heavy atom. The Morgan fingerprint density at radius 3 is 2.42 bits per heavy atom. The molecular weight excluding hydrogens is 530 g/mol. The molecule has 0 saturated carbocycles. The van der Waals surface area contributed by atoms with Gasteiger partial charge in [0.2, 0.25) is 0 Å². The van der Waals surface area contributed by atoms with Crippen LogP contribution in [0.25, 0.3) is 0 Å². The number of guanidine groups is 1. The van der Waals surface area contributed by atoms with Crippen LogP contribution >= 0.6 is 24.0 Å².